The maximum atomic E-state index is 13.8. The van der Waals surface area contributed by atoms with Crippen molar-refractivity contribution < 1.29 is 34.1 Å². The lowest BCUT2D eigenvalue weighted by Crippen LogP contribution is -2.57. The molecular weight excluding hydrogens is 615 g/mol. The first-order valence-corrected chi connectivity index (χ1v) is 15.0. The summed E-state index contributed by atoms with van der Waals surface area (Å²) in [6.45, 7) is -0.0989. The van der Waals surface area contributed by atoms with Crippen LogP contribution in [0.3, 0.4) is 0 Å². The third kappa shape index (κ3) is 7.13. The van der Waals surface area contributed by atoms with Crippen molar-refractivity contribution in [1.82, 2.24) is 10.2 Å². The topological polar surface area (TPSA) is 125 Å². The summed E-state index contributed by atoms with van der Waals surface area (Å²) >= 11 is 2.05. The van der Waals surface area contributed by atoms with E-state index in [0.29, 0.717) is 38.5 Å². The Morgan fingerprint density at radius 3 is 2.49 bits per heavy atom. The highest BCUT2D eigenvalue weighted by Crippen LogP contribution is 2.39. The van der Waals surface area contributed by atoms with Crippen molar-refractivity contribution in [2.45, 2.75) is 88.5 Å². The molecule has 0 radical (unpaired) electrons. The number of ether oxygens (including phenoxy) is 2. The van der Waals surface area contributed by atoms with Gasteiger partial charge in [-0.3, -0.25) is 14.4 Å². The second-order valence-electron chi connectivity index (χ2n) is 10.8. The Labute approximate surface area is 243 Å². The van der Waals surface area contributed by atoms with Crippen molar-refractivity contribution in [2.75, 3.05) is 20.3 Å². The van der Waals surface area contributed by atoms with Crippen molar-refractivity contribution in [3.63, 3.8) is 0 Å². The molecule has 1 aromatic carbocycles. The summed E-state index contributed by atoms with van der Waals surface area (Å²) < 4.78 is 12.4. The van der Waals surface area contributed by atoms with Gasteiger partial charge in [-0.15, -0.1) is 0 Å². The average Bonchev–Trinajstić information content (AvgIpc) is 3.65. The summed E-state index contributed by atoms with van der Waals surface area (Å²) in [5, 5.41) is 23.7. The Kier molecular flexibility index (Phi) is 10.6. The largest absolute Gasteiger partial charge is 0.493 e. The molecule has 2 saturated carbocycles. The maximum Gasteiger partial charge on any atom is 0.247 e. The van der Waals surface area contributed by atoms with Gasteiger partial charge in [-0.25, -0.2) is 0 Å². The summed E-state index contributed by atoms with van der Waals surface area (Å²) in [5.74, 6) is 0.727. The Hall–Kier alpha value is -2.18. The molecule has 3 aliphatic rings. The summed E-state index contributed by atoms with van der Waals surface area (Å²) in [4.78, 5) is 40.2. The molecule has 0 unspecified atom stereocenters. The van der Waals surface area contributed by atoms with Gasteiger partial charge in [0.05, 0.1) is 23.3 Å². The molecule has 3 atom stereocenters. The fourth-order valence-corrected chi connectivity index (χ4v) is 6.97. The first-order valence-electron chi connectivity index (χ1n) is 13.9. The number of halogens is 1. The van der Waals surface area contributed by atoms with Crippen LogP contribution in [-0.4, -0.2) is 77.8 Å². The van der Waals surface area contributed by atoms with E-state index < -0.39 is 18.2 Å². The fourth-order valence-electron chi connectivity index (χ4n) is 6.21. The molecule has 2 amide bonds. The average molecular weight is 655 g/mol. The number of aldehydes is 1. The Balaban J connectivity index is 1.68. The number of amides is 2. The number of carbonyl (C=O) groups is 3. The van der Waals surface area contributed by atoms with Crippen LogP contribution in [-0.2, 0) is 9.59 Å². The second-order valence-corrected chi connectivity index (χ2v) is 11.9. The summed E-state index contributed by atoms with van der Waals surface area (Å²) in [5.41, 5.74) is 0.828. The second kappa shape index (κ2) is 13.9. The smallest absolute Gasteiger partial charge is 0.247 e. The minimum absolute atomic E-state index is 0.0144. The normalized spacial score (nSPS) is 23.8. The highest BCUT2D eigenvalue weighted by molar-refractivity contribution is 14.1. The van der Waals surface area contributed by atoms with Crippen molar-refractivity contribution >= 4 is 40.7 Å². The van der Waals surface area contributed by atoms with Gasteiger partial charge in [0.25, 0.3) is 0 Å². The van der Waals surface area contributed by atoms with E-state index in [0.717, 1.165) is 57.7 Å². The van der Waals surface area contributed by atoms with Gasteiger partial charge in [-0.2, -0.15) is 0 Å². The Morgan fingerprint density at radius 1 is 1.15 bits per heavy atom. The van der Waals surface area contributed by atoms with Crippen LogP contribution in [0.1, 0.15) is 74.6 Å². The maximum absolute atomic E-state index is 13.8. The van der Waals surface area contributed by atoms with Gasteiger partial charge < -0.3 is 29.9 Å². The molecule has 0 aromatic heterocycles. The van der Waals surface area contributed by atoms with Crippen LogP contribution < -0.4 is 14.8 Å². The number of aliphatic hydroxyl groups is 2. The van der Waals surface area contributed by atoms with Crippen LogP contribution >= 0.6 is 22.6 Å². The Morgan fingerprint density at radius 2 is 1.85 bits per heavy atom. The van der Waals surface area contributed by atoms with Crippen LogP contribution in [0.25, 0.3) is 0 Å². The van der Waals surface area contributed by atoms with E-state index in [1.807, 2.05) is 27.5 Å². The lowest BCUT2D eigenvalue weighted by atomic mass is 9.86. The third-order valence-corrected chi connectivity index (χ3v) is 8.96. The highest BCUT2D eigenvalue weighted by Gasteiger charge is 2.44. The number of hydrogen-bond acceptors (Lipinski definition) is 7. The molecule has 1 aromatic rings. The van der Waals surface area contributed by atoms with Crippen molar-refractivity contribution in [1.29, 1.82) is 0 Å². The van der Waals surface area contributed by atoms with Gasteiger partial charge in [0.15, 0.2) is 11.5 Å². The quantitative estimate of drug-likeness (QED) is 0.247. The molecular formula is C29H39IN2O7. The molecule has 39 heavy (non-hydrogen) atoms. The molecule has 0 saturated heterocycles. The van der Waals surface area contributed by atoms with E-state index in [1.165, 1.54) is 7.11 Å². The number of nitrogens with zero attached hydrogens (tertiary/aromatic N) is 1. The monoisotopic (exact) mass is 654 g/mol. The predicted molar refractivity (Wildman–Crippen MR) is 154 cm³/mol. The van der Waals surface area contributed by atoms with Gasteiger partial charge in [-0.05, 0) is 72.4 Å². The molecule has 10 heteroatoms. The summed E-state index contributed by atoms with van der Waals surface area (Å²) in [6, 6.07) is 2.60. The Bertz CT molecular complexity index is 1070. The molecule has 9 nitrogen and oxygen atoms in total. The summed E-state index contributed by atoms with van der Waals surface area (Å²) in [6.07, 6.45) is 9.14. The van der Waals surface area contributed by atoms with E-state index in [1.54, 1.807) is 18.2 Å². The lowest BCUT2D eigenvalue weighted by molar-refractivity contribution is -0.143. The molecule has 214 valence electrons. The number of benzene rings is 1. The first-order chi connectivity index (χ1) is 18.9. The van der Waals surface area contributed by atoms with Crippen molar-refractivity contribution in [3.8, 4) is 11.5 Å². The number of carbonyl (C=O) groups excluding carboxylic acids is 3. The number of rotatable bonds is 11. The van der Waals surface area contributed by atoms with Crippen LogP contribution in [0.5, 0.6) is 11.5 Å². The van der Waals surface area contributed by atoms with Gasteiger partial charge in [0, 0.05) is 36.6 Å². The lowest BCUT2D eigenvalue weighted by Gasteiger charge is -2.43. The molecule has 4 rings (SSSR count). The number of methoxy groups -OCH3 is 1. The SMILES string of the molecule is COc1cc(C=O)cc(I)c1O[C@H]1C=C(C(=O)NCCO)C[C@@H](N(C(=O)CC2CCCC2)C2CCCC2)[C@@H]1O. The van der Waals surface area contributed by atoms with Crippen LogP contribution in [0.15, 0.2) is 23.8 Å². The molecule has 0 bridgehead atoms. The molecule has 0 spiro atoms. The third-order valence-electron chi connectivity index (χ3n) is 8.16. The zero-order chi connectivity index (χ0) is 27.9. The number of aliphatic hydroxyl groups excluding tert-OH is 2. The molecule has 2 fully saturated rings. The molecule has 3 N–H and O–H groups in total. The first kappa shape index (κ1) is 29.8. The minimum atomic E-state index is -1.08. The van der Waals surface area contributed by atoms with Crippen LogP contribution in [0.2, 0.25) is 0 Å². The summed E-state index contributed by atoms with van der Waals surface area (Å²) in [7, 11) is 1.47. The van der Waals surface area contributed by atoms with E-state index in [2.05, 4.69) is 5.32 Å². The zero-order valence-electron chi connectivity index (χ0n) is 22.4. The van der Waals surface area contributed by atoms with E-state index >= 15 is 0 Å². The van der Waals surface area contributed by atoms with Crippen LogP contribution in [0, 0.1) is 9.49 Å². The molecule has 3 aliphatic carbocycles. The standard InChI is InChI=1S/C29H39IN2O7/c1-38-25-13-19(17-34)12-22(30)28(25)39-24-16-20(29(37)31-10-11-33)15-23(27(24)36)32(21-8-4-5-9-21)26(35)14-18-6-2-3-7-18/h12-13,16-18,21,23-24,27,33,36H,2-11,14-15H2,1H3,(H,31,37)/t23-,24+,27+/m1/s1. The van der Waals surface area contributed by atoms with Gasteiger partial charge in [0.1, 0.15) is 18.5 Å². The van der Waals surface area contributed by atoms with Crippen molar-refractivity contribution in [2.24, 2.45) is 5.92 Å². The molecule has 0 heterocycles. The fraction of sp³-hybridized carbons (Fsp3) is 0.621. The van der Waals surface area contributed by atoms with E-state index in [4.69, 9.17) is 9.47 Å². The van der Waals surface area contributed by atoms with Gasteiger partial charge in [0.2, 0.25) is 11.8 Å². The number of hydrogen-bond donors (Lipinski definition) is 3. The van der Waals surface area contributed by atoms with E-state index in [-0.39, 0.29) is 37.4 Å². The predicted octanol–water partition coefficient (Wildman–Crippen LogP) is 3.38. The minimum Gasteiger partial charge on any atom is -0.493 e. The molecule has 0 aliphatic heterocycles. The van der Waals surface area contributed by atoms with Crippen LogP contribution in [0.4, 0.5) is 0 Å². The number of nitrogens with one attached hydrogen (secondary N) is 1. The zero-order valence-corrected chi connectivity index (χ0v) is 24.6. The van der Waals surface area contributed by atoms with Gasteiger partial charge >= 0.3 is 0 Å². The van der Waals surface area contributed by atoms with Crippen molar-refractivity contribution in [3.05, 3.63) is 32.9 Å². The highest BCUT2D eigenvalue weighted by atomic mass is 127. The van der Waals surface area contributed by atoms with Gasteiger partial charge in [-0.1, -0.05) is 25.7 Å². The van der Waals surface area contributed by atoms with E-state index in [9.17, 15) is 24.6 Å².